The van der Waals surface area contributed by atoms with Gasteiger partial charge in [0.25, 0.3) is 0 Å². The summed E-state index contributed by atoms with van der Waals surface area (Å²) in [5.41, 5.74) is 6.99. The molecule has 0 aliphatic rings. The Morgan fingerprint density at radius 1 is 1.47 bits per heavy atom. The van der Waals surface area contributed by atoms with Crippen LogP contribution in [0.2, 0.25) is 0 Å². The van der Waals surface area contributed by atoms with Gasteiger partial charge in [-0.05, 0) is 43.4 Å². The molecule has 0 unspecified atom stereocenters. The SMILES string of the molecule is CC(C)Oc1c(N)nsc1NCCc1cccnc1. The molecule has 19 heavy (non-hydrogen) atoms. The van der Waals surface area contributed by atoms with Gasteiger partial charge in [-0.15, -0.1) is 0 Å². The minimum atomic E-state index is 0.0811. The van der Waals surface area contributed by atoms with Crippen LogP contribution in [0.5, 0.6) is 5.75 Å². The Morgan fingerprint density at radius 2 is 2.32 bits per heavy atom. The average molecular weight is 278 g/mol. The van der Waals surface area contributed by atoms with E-state index in [4.69, 9.17) is 10.5 Å². The van der Waals surface area contributed by atoms with Crippen molar-refractivity contribution in [1.82, 2.24) is 9.36 Å². The third-order valence-corrected chi connectivity index (χ3v) is 3.25. The molecule has 3 N–H and O–H groups in total. The highest BCUT2D eigenvalue weighted by molar-refractivity contribution is 7.11. The van der Waals surface area contributed by atoms with Crippen LogP contribution in [0, 0.1) is 0 Å². The van der Waals surface area contributed by atoms with E-state index < -0.39 is 0 Å². The summed E-state index contributed by atoms with van der Waals surface area (Å²) in [4.78, 5) is 4.09. The Hall–Kier alpha value is -1.82. The van der Waals surface area contributed by atoms with Crippen LogP contribution in [0.4, 0.5) is 10.8 Å². The van der Waals surface area contributed by atoms with Crippen molar-refractivity contribution < 1.29 is 4.74 Å². The molecule has 0 fully saturated rings. The molecule has 0 aliphatic heterocycles. The molecular weight excluding hydrogens is 260 g/mol. The molecule has 0 atom stereocenters. The molecule has 0 bridgehead atoms. The monoisotopic (exact) mass is 278 g/mol. The summed E-state index contributed by atoms with van der Waals surface area (Å²) in [5.74, 6) is 1.11. The fourth-order valence-corrected chi connectivity index (χ4v) is 2.30. The smallest absolute Gasteiger partial charge is 0.197 e. The molecule has 5 nitrogen and oxygen atoms in total. The van der Waals surface area contributed by atoms with Crippen LogP contribution in [-0.2, 0) is 6.42 Å². The highest BCUT2D eigenvalue weighted by Gasteiger charge is 2.13. The third kappa shape index (κ3) is 3.82. The number of hydrogen-bond acceptors (Lipinski definition) is 6. The standard InChI is InChI=1S/C13H18N4OS/c1-9(2)18-11-12(14)17-19-13(11)16-7-5-10-4-3-6-15-8-10/h3-4,6,8-9,16H,5,7H2,1-2H3,(H2,14,17). The second-order valence-corrected chi connectivity index (χ2v) is 5.20. The van der Waals surface area contributed by atoms with E-state index in [1.165, 1.54) is 17.1 Å². The van der Waals surface area contributed by atoms with Crippen molar-refractivity contribution >= 4 is 22.4 Å². The maximum absolute atomic E-state index is 5.80. The van der Waals surface area contributed by atoms with Crippen LogP contribution >= 0.6 is 11.5 Å². The number of anilines is 2. The molecule has 0 saturated heterocycles. The van der Waals surface area contributed by atoms with Crippen molar-refractivity contribution in [3.05, 3.63) is 30.1 Å². The molecule has 0 aliphatic carbocycles. The summed E-state index contributed by atoms with van der Waals surface area (Å²) in [6.45, 7) is 4.73. The molecule has 102 valence electrons. The van der Waals surface area contributed by atoms with E-state index in [1.54, 1.807) is 6.20 Å². The van der Waals surface area contributed by atoms with E-state index >= 15 is 0 Å². The van der Waals surface area contributed by atoms with Crippen molar-refractivity contribution in [3.8, 4) is 5.75 Å². The number of nitrogen functional groups attached to an aromatic ring is 1. The number of ether oxygens (including phenoxy) is 1. The lowest BCUT2D eigenvalue weighted by Crippen LogP contribution is -2.10. The van der Waals surface area contributed by atoms with Gasteiger partial charge in [0.2, 0.25) is 0 Å². The highest BCUT2D eigenvalue weighted by atomic mass is 32.1. The Labute approximate surface area is 117 Å². The van der Waals surface area contributed by atoms with Crippen molar-refractivity contribution in [2.75, 3.05) is 17.6 Å². The second-order valence-electron chi connectivity index (χ2n) is 4.43. The number of nitrogens with two attached hydrogens (primary N) is 1. The highest BCUT2D eigenvalue weighted by Crippen LogP contribution is 2.35. The lowest BCUT2D eigenvalue weighted by atomic mass is 10.2. The van der Waals surface area contributed by atoms with Gasteiger partial charge in [0.15, 0.2) is 16.6 Å². The van der Waals surface area contributed by atoms with Crippen molar-refractivity contribution in [1.29, 1.82) is 0 Å². The Balaban J connectivity index is 1.92. The lowest BCUT2D eigenvalue weighted by molar-refractivity contribution is 0.245. The molecule has 2 rings (SSSR count). The van der Waals surface area contributed by atoms with E-state index in [0.29, 0.717) is 11.6 Å². The van der Waals surface area contributed by atoms with E-state index in [-0.39, 0.29) is 6.10 Å². The number of nitrogens with zero attached hydrogens (tertiary/aromatic N) is 2. The zero-order valence-corrected chi connectivity index (χ0v) is 11.9. The number of hydrogen-bond donors (Lipinski definition) is 2. The molecule has 2 heterocycles. The van der Waals surface area contributed by atoms with Crippen LogP contribution in [-0.4, -0.2) is 22.0 Å². The predicted molar refractivity (Wildman–Crippen MR) is 78.7 cm³/mol. The Morgan fingerprint density at radius 3 is 3.00 bits per heavy atom. The van der Waals surface area contributed by atoms with Crippen LogP contribution < -0.4 is 15.8 Å². The zero-order valence-electron chi connectivity index (χ0n) is 11.1. The number of aromatic nitrogens is 2. The summed E-state index contributed by atoms with van der Waals surface area (Å²) in [6, 6.07) is 3.99. The first kappa shape index (κ1) is 13.6. The molecule has 6 heteroatoms. The van der Waals surface area contributed by atoms with Crippen LogP contribution in [0.15, 0.2) is 24.5 Å². The van der Waals surface area contributed by atoms with E-state index in [1.807, 2.05) is 26.1 Å². The second kappa shape index (κ2) is 6.38. The van der Waals surface area contributed by atoms with Gasteiger partial charge >= 0.3 is 0 Å². The number of pyridine rings is 1. The first-order valence-corrected chi connectivity index (χ1v) is 6.98. The van der Waals surface area contributed by atoms with Crippen LogP contribution in [0.25, 0.3) is 0 Å². The summed E-state index contributed by atoms with van der Waals surface area (Å²) in [6.07, 6.45) is 4.62. The van der Waals surface area contributed by atoms with Gasteiger partial charge in [0.05, 0.1) is 6.10 Å². The van der Waals surface area contributed by atoms with Gasteiger partial charge in [-0.3, -0.25) is 4.98 Å². The maximum Gasteiger partial charge on any atom is 0.197 e. The average Bonchev–Trinajstić information content (AvgIpc) is 2.72. The van der Waals surface area contributed by atoms with Gasteiger partial charge in [0.1, 0.15) is 0 Å². The Bertz CT molecular complexity index is 513. The first-order chi connectivity index (χ1) is 9.16. The van der Waals surface area contributed by atoms with Crippen LogP contribution in [0.1, 0.15) is 19.4 Å². The largest absolute Gasteiger partial charge is 0.484 e. The minimum Gasteiger partial charge on any atom is -0.484 e. The van der Waals surface area contributed by atoms with Gasteiger partial charge in [-0.2, -0.15) is 4.37 Å². The molecule has 0 aromatic carbocycles. The lowest BCUT2D eigenvalue weighted by Gasteiger charge is -2.11. The van der Waals surface area contributed by atoms with Gasteiger partial charge in [0, 0.05) is 18.9 Å². The molecule has 2 aromatic rings. The minimum absolute atomic E-state index is 0.0811. The fraction of sp³-hybridized carbons (Fsp3) is 0.385. The topological polar surface area (TPSA) is 73.1 Å². The van der Waals surface area contributed by atoms with Gasteiger partial charge < -0.3 is 15.8 Å². The van der Waals surface area contributed by atoms with Crippen LogP contribution in [0.3, 0.4) is 0 Å². The first-order valence-electron chi connectivity index (χ1n) is 6.21. The van der Waals surface area contributed by atoms with Gasteiger partial charge in [-0.25, -0.2) is 0 Å². The summed E-state index contributed by atoms with van der Waals surface area (Å²) in [5, 5.41) is 4.20. The summed E-state index contributed by atoms with van der Waals surface area (Å²) >= 11 is 1.33. The van der Waals surface area contributed by atoms with Gasteiger partial charge in [-0.1, -0.05) is 6.07 Å². The molecule has 0 amide bonds. The summed E-state index contributed by atoms with van der Waals surface area (Å²) < 4.78 is 9.78. The van der Waals surface area contributed by atoms with E-state index in [0.717, 1.165) is 18.0 Å². The quantitative estimate of drug-likeness (QED) is 0.849. The molecule has 0 spiro atoms. The number of rotatable bonds is 6. The fourth-order valence-electron chi connectivity index (χ4n) is 1.62. The molecule has 0 radical (unpaired) electrons. The predicted octanol–water partition coefficient (Wildman–Crippen LogP) is 2.56. The number of nitrogens with one attached hydrogen (secondary N) is 1. The Kier molecular flexibility index (Phi) is 4.57. The third-order valence-electron chi connectivity index (χ3n) is 2.45. The molecule has 0 saturated carbocycles. The normalized spacial score (nSPS) is 10.7. The zero-order chi connectivity index (χ0) is 13.7. The maximum atomic E-state index is 5.80. The molecule has 2 aromatic heterocycles. The molecular formula is C13H18N4OS. The van der Waals surface area contributed by atoms with E-state index in [2.05, 4.69) is 20.7 Å². The van der Waals surface area contributed by atoms with Crippen molar-refractivity contribution in [3.63, 3.8) is 0 Å². The van der Waals surface area contributed by atoms with Crippen molar-refractivity contribution in [2.45, 2.75) is 26.4 Å². The van der Waals surface area contributed by atoms with E-state index in [9.17, 15) is 0 Å². The van der Waals surface area contributed by atoms with Crippen molar-refractivity contribution in [2.24, 2.45) is 0 Å². The summed E-state index contributed by atoms with van der Waals surface area (Å²) in [7, 11) is 0.